The van der Waals surface area contributed by atoms with Gasteiger partial charge in [-0.05, 0) is 49.2 Å². The first kappa shape index (κ1) is 20.0. The molecule has 6 heteroatoms. The molecule has 0 aliphatic carbocycles. The van der Waals surface area contributed by atoms with Crippen LogP contribution in [0, 0.1) is 5.21 Å². The lowest BCUT2D eigenvalue weighted by Gasteiger charge is -2.24. The molecule has 0 aliphatic rings. The molecular weight excluding hydrogens is 396 g/mol. The Bertz CT molecular complexity index is 1350. The molecule has 0 fully saturated rings. The van der Waals surface area contributed by atoms with Crippen LogP contribution in [0.1, 0.15) is 19.4 Å². The van der Waals surface area contributed by atoms with E-state index in [0.717, 1.165) is 32.3 Å². The summed E-state index contributed by atoms with van der Waals surface area (Å²) in [5.74, 6) is 0. The zero-order chi connectivity index (χ0) is 21.5. The van der Waals surface area contributed by atoms with Crippen LogP contribution in [0.4, 0.5) is 0 Å². The predicted molar refractivity (Wildman–Crippen MR) is 119 cm³/mol. The third-order valence-electron chi connectivity index (χ3n) is 5.59. The van der Waals surface area contributed by atoms with E-state index in [1.807, 2.05) is 60.7 Å². The van der Waals surface area contributed by atoms with Crippen LogP contribution in [-0.4, -0.2) is 19.7 Å². The number of benzene rings is 2. The first-order chi connectivity index (χ1) is 14.2. The fourth-order valence-electron chi connectivity index (χ4n) is 3.46. The summed E-state index contributed by atoms with van der Waals surface area (Å²) in [6.07, 6.45) is 5.95. The molecule has 4 rings (SSSR count). The largest absolute Gasteiger partial charge is 0.619 e. The Morgan fingerprint density at radius 3 is 2.30 bits per heavy atom. The van der Waals surface area contributed by atoms with Crippen LogP contribution >= 0.6 is 0 Å². The van der Waals surface area contributed by atoms with Crippen molar-refractivity contribution in [2.45, 2.75) is 18.6 Å². The van der Waals surface area contributed by atoms with Gasteiger partial charge in [-0.25, -0.2) is 8.42 Å². The van der Waals surface area contributed by atoms with E-state index in [9.17, 15) is 13.6 Å². The van der Waals surface area contributed by atoms with Crippen molar-refractivity contribution in [1.82, 2.24) is 4.98 Å². The molecule has 2 heterocycles. The number of hydrogen-bond donors (Lipinski definition) is 0. The van der Waals surface area contributed by atoms with Gasteiger partial charge < -0.3 is 5.21 Å². The van der Waals surface area contributed by atoms with Gasteiger partial charge >= 0.3 is 0 Å². The zero-order valence-electron chi connectivity index (χ0n) is 17.0. The molecule has 0 radical (unpaired) electrons. The van der Waals surface area contributed by atoms with Gasteiger partial charge in [-0.3, -0.25) is 4.98 Å². The summed E-state index contributed by atoms with van der Waals surface area (Å²) in [4.78, 5) is 4.51. The van der Waals surface area contributed by atoms with Gasteiger partial charge in [0.2, 0.25) is 0 Å². The highest BCUT2D eigenvalue weighted by Crippen LogP contribution is 2.36. The molecule has 0 atom stereocenters. The number of pyridine rings is 2. The molecule has 0 spiro atoms. The summed E-state index contributed by atoms with van der Waals surface area (Å²) in [7, 11) is -3.37. The Kier molecular flexibility index (Phi) is 4.82. The average molecular weight is 419 g/mol. The second-order valence-electron chi connectivity index (χ2n) is 7.92. The molecule has 4 aromatic rings. The van der Waals surface area contributed by atoms with Gasteiger partial charge in [0.25, 0.3) is 0 Å². The molecule has 0 bridgehead atoms. The quantitative estimate of drug-likeness (QED) is 0.362. The van der Waals surface area contributed by atoms with Crippen LogP contribution in [0.5, 0.6) is 0 Å². The summed E-state index contributed by atoms with van der Waals surface area (Å²) in [6, 6.07) is 19.0. The first-order valence-electron chi connectivity index (χ1n) is 9.55. The molecular formula is C24H22N2O3S. The molecule has 0 saturated carbocycles. The maximum Gasteiger partial charge on any atom is 0.188 e. The molecule has 2 aromatic heterocycles. The number of hydrogen-bond acceptors (Lipinski definition) is 4. The Balaban J connectivity index is 2.01. The van der Waals surface area contributed by atoms with Crippen molar-refractivity contribution in [3.8, 4) is 22.3 Å². The molecule has 30 heavy (non-hydrogen) atoms. The smallest absolute Gasteiger partial charge is 0.188 e. The van der Waals surface area contributed by atoms with Gasteiger partial charge in [0.15, 0.2) is 22.2 Å². The van der Waals surface area contributed by atoms with Gasteiger partial charge in [0.1, 0.15) is 0 Å². The lowest BCUT2D eigenvalue weighted by atomic mass is 9.93. The Morgan fingerprint density at radius 2 is 1.60 bits per heavy atom. The molecule has 0 N–H and O–H groups in total. The first-order valence-corrected chi connectivity index (χ1v) is 11.4. The monoisotopic (exact) mass is 418 g/mol. The van der Waals surface area contributed by atoms with Crippen LogP contribution in [0.25, 0.3) is 33.2 Å². The topological polar surface area (TPSA) is 74.0 Å². The van der Waals surface area contributed by atoms with E-state index >= 15 is 0 Å². The highest BCUT2D eigenvalue weighted by molar-refractivity contribution is 7.91. The van der Waals surface area contributed by atoms with Gasteiger partial charge in [-0.15, -0.1) is 0 Å². The summed E-state index contributed by atoms with van der Waals surface area (Å²) in [5.41, 5.74) is 4.48. The highest BCUT2D eigenvalue weighted by atomic mass is 32.2. The molecule has 152 valence electrons. The van der Waals surface area contributed by atoms with E-state index < -0.39 is 14.6 Å². The summed E-state index contributed by atoms with van der Waals surface area (Å²) in [5, 5.41) is 13.3. The second-order valence-corrected chi connectivity index (χ2v) is 10.5. The average Bonchev–Trinajstić information content (AvgIpc) is 2.72. The zero-order valence-corrected chi connectivity index (χ0v) is 17.8. The highest BCUT2D eigenvalue weighted by Gasteiger charge is 2.33. The van der Waals surface area contributed by atoms with Gasteiger partial charge in [-0.1, -0.05) is 36.4 Å². The van der Waals surface area contributed by atoms with Crippen molar-refractivity contribution in [2.75, 3.05) is 6.26 Å². The van der Waals surface area contributed by atoms with E-state index in [2.05, 4.69) is 4.98 Å². The Labute approximate surface area is 176 Å². The number of rotatable bonds is 4. The minimum Gasteiger partial charge on any atom is -0.619 e. The number of sulfone groups is 1. The summed E-state index contributed by atoms with van der Waals surface area (Å²) in [6.45, 7) is 3.38. The van der Waals surface area contributed by atoms with E-state index in [4.69, 9.17) is 0 Å². The van der Waals surface area contributed by atoms with Gasteiger partial charge in [0, 0.05) is 34.5 Å². The van der Waals surface area contributed by atoms with Crippen molar-refractivity contribution in [2.24, 2.45) is 0 Å². The fourth-order valence-corrected chi connectivity index (χ4v) is 4.01. The minimum absolute atomic E-state index is 0.656. The van der Waals surface area contributed by atoms with Crippen LogP contribution in [0.3, 0.4) is 0 Å². The van der Waals surface area contributed by atoms with Crippen LogP contribution < -0.4 is 4.73 Å². The molecule has 2 aromatic carbocycles. The molecule has 0 saturated heterocycles. The van der Waals surface area contributed by atoms with Crippen LogP contribution in [0.15, 0.2) is 79.3 Å². The summed E-state index contributed by atoms with van der Waals surface area (Å²) >= 11 is 0. The van der Waals surface area contributed by atoms with Crippen molar-refractivity contribution >= 4 is 20.7 Å². The van der Waals surface area contributed by atoms with Crippen LogP contribution in [0.2, 0.25) is 0 Å². The van der Waals surface area contributed by atoms with Crippen molar-refractivity contribution < 1.29 is 13.1 Å². The SMILES string of the molecule is CC(C)(c1cc(-c2cc(-c3ccccc3)c[n+]([O-])c2)c2ncccc2c1)S(C)(=O)=O. The van der Waals surface area contributed by atoms with E-state index in [1.165, 1.54) is 18.6 Å². The van der Waals surface area contributed by atoms with Gasteiger partial charge in [-0.2, -0.15) is 4.73 Å². The molecule has 0 amide bonds. The fraction of sp³-hybridized carbons (Fsp3) is 0.167. The molecule has 0 aliphatic heterocycles. The third kappa shape index (κ3) is 3.55. The third-order valence-corrected chi connectivity index (χ3v) is 7.68. The Hall–Kier alpha value is -3.25. The van der Waals surface area contributed by atoms with E-state index in [-0.39, 0.29) is 0 Å². The molecule has 0 unspecified atom stereocenters. The van der Waals surface area contributed by atoms with E-state index in [1.54, 1.807) is 20.0 Å². The second kappa shape index (κ2) is 7.22. The van der Waals surface area contributed by atoms with Crippen molar-refractivity contribution in [3.05, 3.63) is 90.0 Å². The van der Waals surface area contributed by atoms with Crippen LogP contribution in [-0.2, 0) is 14.6 Å². The lowest BCUT2D eigenvalue weighted by molar-refractivity contribution is -0.604. The maximum atomic E-state index is 12.5. The predicted octanol–water partition coefficient (Wildman–Crippen LogP) is 4.48. The number of nitrogens with zero attached hydrogens (tertiary/aromatic N) is 2. The maximum absolute atomic E-state index is 12.5. The summed E-state index contributed by atoms with van der Waals surface area (Å²) < 4.78 is 24.6. The number of fused-ring (bicyclic) bond motifs is 1. The lowest BCUT2D eigenvalue weighted by Crippen LogP contribution is -2.28. The number of aromatic nitrogens is 2. The normalized spacial score (nSPS) is 12.2. The molecule has 5 nitrogen and oxygen atoms in total. The van der Waals surface area contributed by atoms with Crippen molar-refractivity contribution in [1.29, 1.82) is 0 Å². The minimum atomic E-state index is -3.37. The Morgan fingerprint density at radius 1 is 0.900 bits per heavy atom. The van der Waals surface area contributed by atoms with E-state index in [0.29, 0.717) is 11.1 Å². The van der Waals surface area contributed by atoms with Crippen molar-refractivity contribution in [3.63, 3.8) is 0 Å². The van der Waals surface area contributed by atoms with Gasteiger partial charge in [0.05, 0.1) is 10.3 Å². The standard InChI is InChI=1S/C24H22N2O3S/c1-24(2,30(3,28)29)21-13-18-10-7-11-25-23(18)22(14-21)20-12-19(15-26(27)16-20)17-8-5-4-6-9-17/h4-16H,1-3H3.